The van der Waals surface area contributed by atoms with Crippen LogP contribution >= 0.6 is 11.6 Å². The minimum absolute atomic E-state index is 0.0716. The molecule has 0 aliphatic carbocycles. The molecule has 0 aromatic heterocycles. The highest BCUT2D eigenvalue weighted by molar-refractivity contribution is 7.89. The summed E-state index contributed by atoms with van der Waals surface area (Å²) in [6, 6.07) is 3.32. The molecule has 0 radical (unpaired) electrons. The number of nitrogens with one attached hydrogen (secondary N) is 1. The van der Waals surface area contributed by atoms with Crippen LogP contribution in [0.3, 0.4) is 0 Å². The number of aryl methyl sites for hydroxylation is 1. The minimum atomic E-state index is -3.83. The van der Waals surface area contributed by atoms with Gasteiger partial charge in [0.15, 0.2) is 0 Å². The summed E-state index contributed by atoms with van der Waals surface area (Å²) in [5, 5.41) is 3.13. The van der Waals surface area contributed by atoms with Gasteiger partial charge in [0, 0.05) is 23.7 Å². The lowest BCUT2D eigenvalue weighted by Gasteiger charge is -2.24. The first-order valence-electron chi connectivity index (χ1n) is 7.47. The van der Waals surface area contributed by atoms with Gasteiger partial charge in [-0.05, 0) is 44.9 Å². The van der Waals surface area contributed by atoms with Crippen LogP contribution in [-0.4, -0.2) is 43.3 Å². The Bertz CT molecular complexity index is 706. The Balaban J connectivity index is 2.36. The minimum Gasteiger partial charge on any atom is -0.353 e. The van der Waals surface area contributed by atoms with E-state index in [1.165, 1.54) is 16.4 Å². The molecular formula is C15H22ClN3O3S. The summed E-state index contributed by atoms with van der Waals surface area (Å²) in [6.07, 6.45) is 0.303. The maximum Gasteiger partial charge on any atom is 0.243 e. The van der Waals surface area contributed by atoms with E-state index >= 15 is 0 Å². The van der Waals surface area contributed by atoms with Crippen LogP contribution in [0.4, 0.5) is 0 Å². The van der Waals surface area contributed by atoms with Crippen molar-refractivity contribution < 1.29 is 13.2 Å². The van der Waals surface area contributed by atoms with Crippen LogP contribution in [0.1, 0.15) is 25.8 Å². The Kier molecular flexibility index (Phi) is 5.35. The molecule has 0 saturated carbocycles. The SMILES string of the molecule is Cc1ccc(S(=O)(=O)N2C[C@@H](N)C[C@H]2C(=O)NC(C)C)cc1Cl. The van der Waals surface area contributed by atoms with Crippen LogP contribution in [0.5, 0.6) is 0 Å². The van der Waals surface area contributed by atoms with Crippen LogP contribution in [0.15, 0.2) is 23.1 Å². The van der Waals surface area contributed by atoms with Crippen molar-refractivity contribution in [3.8, 4) is 0 Å². The molecule has 3 N–H and O–H groups in total. The van der Waals surface area contributed by atoms with Gasteiger partial charge in [0.1, 0.15) is 6.04 Å². The van der Waals surface area contributed by atoms with E-state index in [2.05, 4.69) is 5.32 Å². The van der Waals surface area contributed by atoms with Gasteiger partial charge < -0.3 is 11.1 Å². The van der Waals surface area contributed by atoms with E-state index in [0.29, 0.717) is 11.4 Å². The van der Waals surface area contributed by atoms with Gasteiger partial charge in [-0.1, -0.05) is 17.7 Å². The molecule has 0 unspecified atom stereocenters. The molecule has 6 nitrogen and oxygen atoms in total. The molecule has 0 spiro atoms. The monoisotopic (exact) mass is 359 g/mol. The third-order valence-electron chi connectivity index (χ3n) is 3.77. The molecule has 8 heteroatoms. The van der Waals surface area contributed by atoms with Crippen molar-refractivity contribution in [1.82, 2.24) is 9.62 Å². The summed E-state index contributed by atoms with van der Waals surface area (Å²) in [4.78, 5) is 12.4. The molecule has 2 rings (SSSR count). The summed E-state index contributed by atoms with van der Waals surface area (Å²) < 4.78 is 26.9. The van der Waals surface area contributed by atoms with Gasteiger partial charge in [-0.15, -0.1) is 0 Å². The van der Waals surface area contributed by atoms with Gasteiger partial charge in [-0.25, -0.2) is 8.42 Å². The number of hydrogen-bond donors (Lipinski definition) is 2. The fraction of sp³-hybridized carbons (Fsp3) is 0.533. The highest BCUT2D eigenvalue weighted by Gasteiger charge is 2.42. The van der Waals surface area contributed by atoms with E-state index in [9.17, 15) is 13.2 Å². The smallest absolute Gasteiger partial charge is 0.243 e. The topological polar surface area (TPSA) is 92.5 Å². The second-order valence-electron chi connectivity index (χ2n) is 6.16. The number of halogens is 1. The first kappa shape index (κ1) is 18.2. The Labute approximate surface area is 142 Å². The van der Waals surface area contributed by atoms with Crippen LogP contribution < -0.4 is 11.1 Å². The molecule has 1 saturated heterocycles. The second kappa shape index (κ2) is 6.76. The second-order valence-corrected chi connectivity index (χ2v) is 8.46. The molecular weight excluding hydrogens is 338 g/mol. The largest absolute Gasteiger partial charge is 0.353 e. The summed E-state index contributed by atoms with van der Waals surface area (Å²) >= 11 is 6.04. The molecule has 128 valence electrons. The summed E-state index contributed by atoms with van der Waals surface area (Å²) in [6.45, 7) is 5.56. The molecule has 23 heavy (non-hydrogen) atoms. The van der Waals surface area contributed by atoms with Crippen molar-refractivity contribution in [2.45, 2.75) is 50.2 Å². The average molecular weight is 360 g/mol. The lowest BCUT2D eigenvalue weighted by molar-refractivity contribution is -0.124. The molecule has 1 aromatic rings. The Hall–Kier alpha value is -1.15. The molecule has 1 aliphatic rings. The maximum atomic E-state index is 12.9. The lowest BCUT2D eigenvalue weighted by atomic mass is 10.1. The number of rotatable bonds is 4. The quantitative estimate of drug-likeness (QED) is 0.846. The van der Waals surface area contributed by atoms with E-state index in [1.54, 1.807) is 13.0 Å². The normalized spacial score (nSPS) is 22.5. The van der Waals surface area contributed by atoms with Crippen molar-refractivity contribution in [3.63, 3.8) is 0 Å². The van der Waals surface area contributed by atoms with E-state index in [-0.39, 0.29) is 29.4 Å². The van der Waals surface area contributed by atoms with Crippen molar-refractivity contribution in [3.05, 3.63) is 28.8 Å². The van der Waals surface area contributed by atoms with Gasteiger partial charge >= 0.3 is 0 Å². The number of carbonyl (C=O) groups is 1. The van der Waals surface area contributed by atoms with Gasteiger partial charge in [0.05, 0.1) is 4.90 Å². The van der Waals surface area contributed by atoms with Gasteiger partial charge in [0.2, 0.25) is 15.9 Å². The maximum absolute atomic E-state index is 12.9. The Morgan fingerprint density at radius 1 is 1.43 bits per heavy atom. The predicted molar refractivity (Wildman–Crippen MR) is 89.7 cm³/mol. The number of carbonyl (C=O) groups excluding carboxylic acids is 1. The molecule has 1 heterocycles. The molecule has 1 aromatic carbocycles. The van der Waals surface area contributed by atoms with Gasteiger partial charge in [-0.2, -0.15) is 4.31 Å². The highest BCUT2D eigenvalue weighted by Crippen LogP contribution is 2.28. The summed E-state index contributed by atoms with van der Waals surface area (Å²) in [7, 11) is -3.83. The number of sulfonamides is 1. The van der Waals surface area contributed by atoms with E-state index in [0.717, 1.165) is 5.56 Å². The van der Waals surface area contributed by atoms with E-state index in [4.69, 9.17) is 17.3 Å². The molecule has 1 amide bonds. The van der Waals surface area contributed by atoms with E-state index < -0.39 is 16.1 Å². The zero-order chi connectivity index (χ0) is 17.4. The standard InChI is InChI=1S/C15H22ClN3O3S/c1-9(2)18-15(20)14-6-11(17)8-19(14)23(21,22)12-5-4-10(3)13(16)7-12/h4-5,7,9,11,14H,6,8,17H2,1-3H3,(H,18,20)/t11-,14-/m0/s1. The fourth-order valence-electron chi connectivity index (χ4n) is 2.59. The van der Waals surface area contributed by atoms with Crippen LogP contribution in [0.2, 0.25) is 5.02 Å². The number of benzene rings is 1. The average Bonchev–Trinajstić information content (AvgIpc) is 2.84. The first-order chi connectivity index (χ1) is 10.6. The molecule has 1 fully saturated rings. The van der Waals surface area contributed by atoms with Crippen LogP contribution in [-0.2, 0) is 14.8 Å². The van der Waals surface area contributed by atoms with Gasteiger partial charge in [0.25, 0.3) is 0 Å². The number of nitrogens with two attached hydrogens (primary N) is 1. The van der Waals surface area contributed by atoms with Gasteiger partial charge in [-0.3, -0.25) is 4.79 Å². The zero-order valence-electron chi connectivity index (χ0n) is 13.4. The highest BCUT2D eigenvalue weighted by atomic mass is 35.5. The van der Waals surface area contributed by atoms with Crippen molar-refractivity contribution in [2.24, 2.45) is 5.73 Å². The summed E-state index contributed by atoms with van der Waals surface area (Å²) in [5.41, 5.74) is 6.69. The Morgan fingerprint density at radius 2 is 2.09 bits per heavy atom. The molecule has 2 atom stereocenters. The first-order valence-corrected chi connectivity index (χ1v) is 9.28. The van der Waals surface area contributed by atoms with E-state index in [1.807, 2.05) is 13.8 Å². The lowest BCUT2D eigenvalue weighted by Crippen LogP contribution is -2.47. The summed E-state index contributed by atoms with van der Waals surface area (Å²) in [5.74, 6) is -0.324. The molecule has 0 bridgehead atoms. The zero-order valence-corrected chi connectivity index (χ0v) is 15.0. The molecule has 1 aliphatic heterocycles. The fourth-order valence-corrected chi connectivity index (χ4v) is 4.52. The number of amides is 1. The number of nitrogens with zero attached hydrogens (tertiary/aromatic N) is 1. The van der Waals surface area contributed by atoms with Crippen molar-refractivity contribution in [1.29, 1.82) is 0 Å². The van der Waals surface area contributed by atoms with Crippen molar-refractivity contribution >= 4 is 27.5 Å². The predicted octanol–water partition coefficient (Wildman–Crippen LogP) is 1.26. The third kappa shape index (κ3) is 3.85. The third-order valence-corrected chi connectivity index (χ3v) is 6.05. The van der Waals surface area contributed by atoms with Crippen LogP contribution in [0, 0.1) is 6.92 Å². The van der Waals surface area contributed by atoms with Crippen molar-refractivity contribution in [2.75, 3.05) is 6.54 Å². The number of hydrogen-bond acceptors (Lipinski definition) is 4. The Morgan fingerprint density at radius 3 is 2.65 bits per heavy atom. The van der Waals surface area contributed by atoms with Crippen LogP contribution in [0.25, 0.3) is 0 Å².